The van der Waals surface area contributed by atoms with Gasteiger partial charge in [-0.05, 0) is 108 Å². The first kappa shape index (κ1) is 34.0. The highest BCUT2D eigenvalue weighted by Crippen LogP contribution is 2.44. The average Bonchev–Trinajstić information content (AvgIpc) is 3.30. The van der Waals surface area contributed by atoms with Crippen molar-refractivity contribution in [2.45, 2.75) is 0 Å². The number of benzene rings is 10. The highest BCUT2D eigenvalue weighted by atomic mass is 15.1. The molecule has 0 aromatic heterocycles. The molecule has 0 saturated carbocycles. The fraction of sp³-hybridized carbons (Fsp3) is 0. The lowest BCUT2D eigenvalue weighted by atomic mass is 9.86. The van der Waals surface area contributed by atoms with Gasteiger partial charge in [-0.1, -0.05) is 200 Å². The van der Waals surface area contributed by atoms with Crippen molar-refractivity contribution >= 4 is 38.6 Å². The lowest BCUT2D eigenvalue weighted by Gasteiger charge is -2.27. The monoisotopic (exact) mass is 725 g/mol. The van der Waals surface area contributed by atoms with E-state index in [9.17, 15) is 0 Å². The molecule has 0 radical (unpaired) electrons. The molecule has 0 saturated heterocycles. The first-order valence-electron chi connectivity index (χ1n) is 19.6. The predicted molar refractivity (Wildman–Crippen MR) is 243 cm³/mol. The standard InChI is InChI=1S/C56H39N/c1-3-16-40(17-4-1)41-32-35-47(36-33-41)57(56-29-15-21-44-20-7-8-24-51(44)56)48-37-34-42-30-31-45(38-46(42)39-48)50-23-10-12-26-53(50)55-28-14-13-27-54(55)52-25-11-9-22-49(52)43-18-5-2-6-19-43/h1-39H. The van der Waals surface area contributed by atoms with E-state index in [4.69, 9.17) is 0 Å². The summed E-state index contributed by atoms with van der Waals surface area (Å²) < 4.78 is 0. The Morgan fingerprint density at radius 1 is 0.228 bits per heavy atom. The molecule has 0 atom stereocenters. The van der Waals surface area contributed by atoms with Crippen LogP contribution < -0.4 is 4.90 Å². The second kappa shape index (κ2) is 15.0. The van der Waals surface area contributed by atoms with Crippen LogP contribution in [-0.2, 0) is 0 Å². The van der Waals surface area contributed by atoms with Gasteiger partial charge in [0.2, 0.25) is 0 Å². The highest BCUT2D eigenvalue weighted by Gasteiger charge is 2.18. The van der Waals surface area contributed by atoms with Crippen LogP contribution in [0.2, 0.25) is 0 Å². The SMILES string of the molecule is c1ccc(-c2ccc(N(c3ccc4ccc(-c5ccccc5-c5ccccc5-c5ccccc5-c5ccccc5)cc4c3)c3cccc4ccccc34)cc2)cc1. The highest BCUT2D eigenvalue weighted by molar-refractivity contribution is 6.02. The van der Waals surface area contributed by atoms with Gasteiger partial charge in [-0.25, -0.2) is 0 Å². The van der Waals surface area contributed by atoms with E-state index in [2.05, 4.69) is 241 Å². The minimum Gasteiger partial charge on any atom is -0.310 e. The van der Waals surface area contributed by atoms with Gasteiger partial charge in [0.1, 0.15) is 0 Å². The molecule has 0 N–H and O–H groups in total. The van der Waals surface area contributed by atoms with Gasteiger partial charge in [0.15, 0.2) is 0 Å². The van der Waals surface area contributed by atoms with Crippen molar-refractivity contribution in [2.24, 2.45) is 0 Å². The number of nitrogens with zero attached hydrogens (tertiary/aromatic N) is 1. The molecule has 1 heteroatoms. The molecule has 10 aromatic carbocycles. The van der Waals surface area contributed by atoms with Crippen molar-refractivity contribution in [3.63, 3.8) is 0 Å². The average molecular weight is 726 g/mol. The molecular weight excluding hydrogens is 687 g/mol. The molecule has 0 aliphatic rings. The van der Waals surface area contributed by atoms with Crippen LogP contribution in [-0.4, -0.2) is 0 Å². The molecule has 57 heavy (non-hydrogen) atoms. The van der Waals surface area contributed by atoms with Crippen LogP contribution in [0.25, 0.3) is 77.2 Å². The Balaban J connectivity index is 1.09. The Morgan fingerprint density at radius 3 is 1.35 bits per heavy atom. The first-order chi connectivity index (χ1) is 28.3. The molecule has 0 aliphatic heterocycles. The van der Waals surface area contributed by atoms with Crippen molar-refractivity contribution in [1.82, 2.24) is 0 Å². The molecule has 268 valence electrons. The third-order valence-electron chi connectivity index (χ3n) is 11.1. The van der Waals surface area contributed by atoms with Gasteiger partial charge in [-0.2, -0.15) is 0 Å². The zero-order valence-electron chi connectivity index (χ0n) is 31.5. The van der Waals surface area contributed by atoms with Gasteiger partial charge in [-0.3, -0.25) is 0 Å². The molecule has 0 spiro atoms. The van der Waals surface area contributed by atoms with E-state index in [1.165, 1.54) is 77.2 Å². The topological polar surface area (TPSA) is 3.24 Å². The summed E-state index contributed by atoms with van der Waals surface area (Å²) >= 11 is 0. The van der Waals surface area contributed by atoms with Crippen LogP contribution >= 0.6 is 0 Å². The van der Waals surface area contributed by atoms with E-state index in [-0.39, 0.29) is 0 Å². The molecule has 0 unspecified atom stereocenters. The Kier molecular flexibility index (Phi) is 8.95. The van der Waals surface area contributed by atoms with Crippen molar-refractivity contribution < 1.29 is 0 Å². The number of fused-ring (bicyclic) bond motifs is 2. The van der Waals surface area contributed by atoms with E-state index in [0.717, 1.165) is 17.1 Å². The number of hydrogen-bond acceptors (Lipinski definition) is 1. The van der Waals surface area contributed by atoms with Crippen LogP contribution in [0.1, 0.15) is 0 Å². The maximum Gasteiger partial charge on any atom is 0.0540 e. The summed E-state index contributed by atoms with van der Waals surface area (Å²) in [6.45, 7) is 0. The zero-order chi connectivity index (χ0) is 38.0. The van der Waals surface area contributed by atoms with Gasteiger partial charge in [0, 0.05) is 16.8 Å². The Morgan fingerprint density at radius 2 is 0.684 bits per heavy atom. The van der Waals surface area contributed by atoms with Crippen LogP contribution in [0.4, 0.5) is 17.1 Å². The molecule has 0 amide bonds. The zero-order valence-corrected chi connectivity index (χ0v) is 31.5. The van der Waals surface area contributed by atoms with E-state index in [0.29, 0.717) is 0 Å². The van der Waals surface area contributed by atoms with E-state index in [1.54, 1.807) is 0 Å². The Hall–Kier alpha value is -7.48. The summed E-state index contributed by atoms with van der Waals surface area (Å²) in [5.41, 5.74) is 15.5. The molecule has 10 aromatic rings. The Bertz CT molecular complexity index is 2990. The van der Waals surface area contributed by atoms with Crippen LogP contribution in [0.3, 0.4) is 0 Å². The minimum absolute atomic E-state index is 1.11. The summed E-state index contributed by atoms with van der Waals surface area (Å²) in [6, 6.07) is 85.6. The van der Waals surface area contributed by atoms with Crippen molar-refractivity contribution in [2.75, 3.05) is 4.90 Å². The van der Waals surface area contributed by atoms with Gasteiger partial charge < -0.3 is 4.90 Å². The van der Waals surface area contributed by atoms with Crippen molar-refractivity contribution in [1.29, 1.82) is 0 Å². The van der Waals surface area contributed by atoms with Crippen LogP contribution in [0, 0.1) is 0 Å². The molecule has 10 rings (SSSR count). The fourth-order valence-electron chi connectivity index (χ4n) is 8.31. The molecule has 1 nitrogen and oxygen atoms in total. The Labute approximate surface area is 334 Å². The fourth-order valence-corrected chi connectivity index (χ4v) is 8.31. The van der Waals surface area contributed by atoms with Gasteiger partial charge in [0.05, 0.1) is 5.69 Å². The maximum atomic E-state index is 2.40. The third kappa shape index (κ3) is 6.56. The second-order valence-corrected chi connectivity index (χ2v) is 14.5. The number of hydrogen-bond donors (Lipinski definition) is 0. The van der Waals surface area contributed by atoms with Gasteiger partial charge >= 0.3 is 0 Å². The van der Waals surface area contributed by atoms with Crippen molar-refractivity contribution in [3.8, 4) is 55.6 Å². The number of rotatable bonds is 8. The third-order valence-corrected chi connectivity index (χ3v) is 11.1. The smallest absolute Gasteiger partial charge is 0.0540 e. The summed E-state index contributed by atoms with van der Waals surface area (Å²) in [4.78, 5) is 2.40. The molecule has 0 aliphatic carbocycles. The molecule has 0 bridgehead atoms. The van der Waals surface area contributed by atoms with Crippen LogP contribution in [0.5, 0.6) is 0 Å². The minimum atomic E-state index is 1.11. The molecule has 0 heterocycles. The molecule has 0 fully saturated rings. The van der Waals surface area contributed by atoms with E-state index < -0.39 is 0 Å². The molecular formula is C56H39N. The lowest BCUT2D eigenvalue weighted by molar-refractivity contribution is 1.30. The predicted octanol–water partition coefficient (Wildman–Crippen LogP) is 15.8. The van der Waals surface area contributed by atoms with E-state index in [1.807, 2.05) is 0 Å². The second-order valence-electron chi connectivity index (χ2n) is 14.5. The maximum absolute atomic E-state index is 2.40. The van der Waals surface area contributed by atoms with Gasteiger partial charge in [0.25, 0.3) is 0 Å². The van der Waals surface area contributed by atoms with Crippen LogP contribution in [0.15, 0.2) is 237 Å². The normalized spacial score (nSPS) is 11.2. The lowest BCUT2D eigenvalue weighted by Crippen LogP contribution is -2.10. The summed E-state index contributed by atoms with van der Waals surface area (Å²) in [5.74, 6) is 0. The summed E-state index contributed by atoms with van der Waals surface area (Å²) in [6.07, 6.45) is 0. The van der Waals surface area contributed by atoms with E-state index >= 15 is 0 Å². The summed E-state index contributed by atoms with van der Waals surface area (Å²) in [5, 5.41) is 4.82. The van der Waals surface area contributed by atoms with Crippen molar-refractivity contribution in [3.05, 3.63) is 237 Å². The summed E-state index contributed by atoms with van der Waals surface area (Å²) in [7, 11) is 0. The quantitative estimate of drug-likeness (QED) is 0.151. The first-order valence-corrected chi connectivity index (χ1v) is 19.6. The number of anilines is 3. The van der Waals surface area contributed by atoms with Gasteiger partial charge in [-0.15, -0.1) is 0 Å². The largest absolute Gasteiger partial charge is 0.310 e.